The molecule has 0 radical (unpaired) electrons. The molecule has 0 spiro atoms. The van der Waals surface area contributed by atoms with E-state index in [1.54, 1.807) is 7.11 Å². The Balaban J connectivity index is 1.81. The van der Waals surface area contributed by atoms with E-state index in [2.05, 4.69) is 49.0 Å². The van der Waals surface area contributed by atoms with Gasteiger partial charge in [0.1, 0.15) is 12.7 Å². The van der Waals surface area contributed by atoms with Crippen molar-refractivity contribution in [2.75, 3.05) is 61.5 Å². The summed E-state index contributed by atoms with van der Waals surface area (Å²) >= 11 is 0. The zero-order valence-electron chi connectivity index (χ0n) is 19.8. The molecular weight excluding hydrogens is 378 g/mol. The highest BCUT2D eigenvalue weighted by atomic mass is 16.5. The maximum absolute atomic E-state index is 10.5. The van der Waals surface area contributed by atoms with Gasteiger partial charge in [-0.25, -0.2) is 0 Å². The van der Waals surface area contributed by atoms with E-state index >= 15 is 0 Å². The van der Waals surface area contributed by atoms with Crippen LogP contribution in [0.3, 0.4) is 0 Å². The van der Waals surface area contributed by atoms with Crippen molar-refractivity contribution >= 4 is 0 Å². The third kappa shape index (κ3) is 8.80. The van der Waals surface area contributed by atoms with Gasteiger partial charge in [-0.2, -0.15) is 0 Å². The Morgan fingerprint density at radius 1 is 1.03 bits per heavy atom. The molecule has 1 unspecified atom stereocenters. The first-order valence-corrected chi connectivity index (χ1v) is 11.4. The molecule has 1 aliphatic carbocycles. The molecule has 0 aliphatic heterocycles. The van der Waals surface area contributed by atoms with Crippen molar-refractivity contribution in [2.45, 2.75) is 57.2 Å². The smallest absolute Gasteiger partial charge is 0.161 e. The van der Waals surface area contributed by atoms with E-state index in [9.17, 15) is 5.11 Å². The van der Waals surface area contributed by atoms with Crippen molar-refractivity contribution in [3.8, 4) is 11.5 Å². The first kappa shape index (κ1) is 24.9. The fourth-order valence-corrected chi connectivity index (χ4v) is 4.22. The second kappa shape index (κ2) is 13.2. The topological polar surface area (TPSA) is 48.4 Å². The van der Waals surface area contributed by atoms with E-state index in [1.807, 2.05) is 12.1 Å². The molecular formula is C24H43N3O3. The normalized spacial score (nSPS) is 16.4. The third-order valence-electron chi connectivity index (χ3n) is 5.95. The Morgan fingerprint density at radius 3 is 2.43 bits per heavy atom. The summed E-state index contributed by atoms with van der Waals surface area (Å²) < 4.78 is 11.5. The van der Waals surface area contributed by atoms with Crippen molar-refractivity contribution in [1.29, 1.82) is 0 Å². The van der Waals surface area contributed by atoms with Gasteiger partial charge in [0.25, 0.3) is 0 Å². The lowest BCUT2D eigenvalue weighted by Crippen LogP contribution is -2.40. The van der Waals surface area contributed by atoms with Crippen LogP contribution in [0.1, 0.15) is 44.1 Å². The fourth-order valence-electron chi connectivity index (χ4n) is 4.22. The van der Waals surface area contributed by atoms with Crippen molar-refractivity contribution in [1.82, 2.24) is 14.7 Å². The molecule has 1 atom stereocenters. The fraction of sp³-hybridized carbons (Fsp3) is 0.750. The number of aliphatic hydroxyl groups is 1. The van der Waals surface area contributed by atoms with Crippen molar-refractivity contribution in [3.63, 3.8) is 0 Å². The van der Waals surface area contributed by atoms with Gasteiger partial charge in [-0.3, -0.25) is 0 Å². The van der Waals surface area contributed by atoms with Crippen LogP contribution in [0.2, 0.25) is 0 Å². The zero-order chi connectivity index (χ0) is 21.9. The Kier molecular flexibility index (Phi) is 10.9. The molecule has 0 aromatic heterocycles. The molecule has 6 heteroatoms. The van der Waals surface area contributed by atoms with Gasteiger partial charge in [0, 0.05) is 19.1 Å². The quantitative estimate of drug-likeness (QED) is 0.528. The minimum Gasteiger partial charge on any atom is -0.493 e. The summed E-state index contributed by atoms with van der Waals surface area (Å²) in [5, 5.41) is 10.5. The molecule has 1 aliphatic rings. The van der Waals surface area contributed by atoms with E-state index in [1.165, 1.54) is 37.7 Å². The van der Waals surface area contributed by atoms with Crippen LogP contribution in [0.4, 0.5) is 0 Å². The standard InChI is InChI=1S/C24H43N3O3/c1-25(2)14-9-15-26(3)17-20-12-13-23(24(16-20)29-5)30-19-22(28)18-27(4)21-10-7-6-8-11-21/h12-13,16,21-22,28H,6-11,14-15,17-19H2,1-5H3. The second-order valence-electron chi connectivity index (χ2n) is 9.08. The van der Waals surface area contributed by atoms with Gasteiger partial charge >= 0.3 is 0 Å². The molecule has 0 bridgehead atoms. The van der Waals surface area contributed by atoms with Gasteiger partial charge in [-0.05, 0) is 78.2 Å². The second-order valence-corrected chi connectivity index (χ2v) is 9.08. The zero-order valence-corrected chi connectivity index (χ0v) is 19.8. The van der Waals surface area contributed by atoms with Crippen LogP contribution >= 0.6 is 0 Å². The van der Waals surface area contributed by atoms with Crippen LogP contribution in [-0.4, -0.2) is 93.5 Å². The van der Waals surface area contributed by atoms with Crippen LogP contribution in [0.5, 0.6) is 11.5 Å². The molecule has 0 saturated heterocycles. The molecule has 1 N–H and O–H groups in total. The van der Waals surface area contributed by atoms with Gasteiger partial charge in [-0.1, -0.05) is 25.3 Å². The Hall–Kier alpha value is -1.34. The number of likely N-dealkylation sites (N-methyl/N-ethyl adjacent to an activating group) is 1. The van der Waals surface area contributed by atoms with Crippen molar-refractivity contribution < 1.29 is 14.6 Å². The summed E-state index contributed by atoms with van der Waals surface area (Å²) in [6.07, 6.45) is 7.06. The molecule has 1 aromatic carbocycles. The lowest BCUT2D eigenvalue weighted by atomic mass is 9.94. The number of nitrogens with zero attached hydrogens (tertiary/aromatic N) is 3. The van der Waals surface area contributed by atoms with E-state index in [0.717, 1.165) is 31.8 Å². The highest BCUT2D eigenvalue weighted by Crippen LogP contribution is 2.29. The van der Waals surface area contributed by atoms with Crippen molar-refractivity contribution in [2.24, 2.45) is 0 Å². The number of rotatable bonds is 13. The average molecular weight is 422 g/mol. The number of hydrogen-bond acceptors (Lipinski definition) is 6. The van der Waals surface area contributed by atoms with Crippen LogP contribution in [0, 0.1) is 0 Å². The Morgan fingerprint density at radius 2 is 1.77 bits per heavy atom. The number of hydrogen-bond donors (Lipinski definition) is 1. The summed E-state index contributed by atoms with van der Waals surface area (Å²) in [5.41, 5.74) is 1.20. The first-order chi connectivity index (χ1) is 14.4. The lowest BCUT2D eigenvalue weighted by molar-refractivity contribution is 0.0553. The van der Waals surface area contributed by atoms with Gasteiger partial charge in [0.05, 0.1) is 7.11 Å². The van der Waals surface area contributed by atoms with E-state index in [4.69, 9.17) is 9.47 Å². The monoisotopic (exact) mass is 421 g/mol. The van der Waals surface area contributed by atoms with Crippen molar-refractivity contribution in [3.05, 3.63) is 23.8 Å². The van der Waals surface area contributed by atoms with E-state index in [0.29, 0.717) is 18.3 Å². The highest BCUT2D eigenvalue weighted by molar-refractivity contribution is 5.43. The number of aliphatic hydroxyl groups excluding tert-OH is 1. The maximum Gasteiger partial charge on any atom is 0.161 e. The molecule has 1 fully saturated rings. The minimum absolute atomic E-state index is 0.275. The Bertz CT molecular complexity index is 605. The SMILES string of the molecule is COc1cc(CN(C)CCCN(C)C)ccc1OCC(O)CN(C)C1CCCCC1. The maximum atomic E-state index is 10.5. The lowest BCUT2D eigenvalue weighted by Gasteiger charge is -2.32. The van der Waals surface area contributed by atoms with Crippen LogP contribution in [0.25, 0.3) is 0 Å². The predicted octanol–water partition coefficient (Wildman–Crippen LogP) is 3.08. The largest absolute Gasteiger partial charge is 0.493 e. The molecule has 1 aromatic rings. The molecule has 1 saturated carbocycles. The molecule has 0 heterocycles. The first-order valence-electron chi connectivity index (χ1n) is 11.4. The van der Waals surface area contributed by atoms with Crippen LogP contribution < -0.4 is 9.47 Å². The van der Waals surface area contributed by atoms with Crippen LogP contribution in [-0.2, 0) is 6.54 Å². The summed E-state index contributed by atoms with van der Waals surface area (Å²) in [5.74, 6) is 1.41. The number of methoxy groups -OCH3 is 1. The van der Waals surface area contributed by atoms with Gasteiger partial charge in [0.15, 0.2) is 11.5 Å². The summed E-state index contributed by atoms with van der Waals surface area (Å²) in [7, 11) is 10.1. The summed E-state index contributed by atoms with van der Waals surface area (Å²) in [6.45, 7) is 3.94. The third-order valence-corrected chi connectivity index (χ3v) is 5.95. The summed E-state index contributed by atoms with van der Waals surface area (Å²) in [6, 6.07) is 6.68. The summed E-state index contributed by atoms with van der Waals surface area (Å²) in [4.78, 5) is 6.83. The average Bonchev–Trinajstić information content (AvgIpc) is 2.73. The molecule has 30 heavy (non-hydrogen) atoms. The van der Waals surface area contributed by atoms with Gasteiger partial charge in [-0.15, -0.1) is 0 Å². The van der Waals surface area contributed by atoms with Gasteiger partial charge in [0.2, 0.25) is 0 Å². The molecule has 0 amide bonds. The minimum atomic E-state index is -0.510. The van der Waals surface area contributed by atoms with Crippen LogP contribution in [0.15, 0.2) is 18.2 Å². The van der Waals surface area contributed by atoms with E-state index in [-0.39, 0.29) is 6.61 Å². The Labute approximate surface area is 183 Å². The molecule has 2 rings (SSSR count). The number of ether oxygens (including phenoxy) is 2. The van der Waals surface area contributed by atoms with Gasteiger partial charge < -0.3 is 29.3 Å². The highest BCUT2D eigenvalue weighted by Gasteiger charge is 2.20. The number of benzene rings is 1. The predicted molar refractivity (Wildman–Crippen MR) is 124 cm³/mol. The molecule has 172 valence electrons. The van der Waals surface area contributed by atoms with E-state index < -0.39 is 6.10 Å². The molecule has 6 nitrogen and oxygen atoms in total.